The first-order valence-electron chi connectivity index (χ1n) is 6.88. The summed E-state index contributed by atoms with van der Waals surface area (Å²) in [5.41, 5.74) is -0.333. The number of fused-ring (bicyclic) bond motifs is 1. The zero-order valence-electron chi connectivity index (χ0n) is 10.7. The SMILES string of the molecule is CCOC(=O)C12CCCCCC1CC(=O)CC2. The van der Waals surface area contributed by atoms with Crippen LogP contribution >= 0.6 is 0 Å². The number of hydrogen-bond donors (Lipinski definition) is 0. The van der Waals surface area contributed by atoms with Gasteiger partial charge in [0.15, 0.2) is 0 Å². The van der Waals surface area contributed by atoms with Crippen molar-refractivity contribution in [2.45, 2.75) is 58.3 Å². The Morgan fingerprint density at radius 1 is 1.35 bits per heavy atom. The number of carbonyl (C=O) groups is 2. The topological polar surface area (TPSA) is 43.4 Å². The molecule has 2 atom stereocenters. The molecule has 0 amide bonds. The lowest BCUT2D eigenvalue weighted by Gasteiger charge is -2.40. The minimum absolute atomic E-state index is 0.0422. The van der Waals surface area contributed by atoms with Crippen LogP contribution in [0, 0.1) is 11.3 Å². The molecule has 17 heavy (non-hydrogen) atoms. The molecule has 2 saturated carbocycles. The van der Waals surface area contributed by atoms with E-state index in [0.29, 0.717) is 25.2 Å². The second-order valence-electron chi connectivity index (χ2n) is 5.42. The monoisotopic (exact) mass is 238 g/mol. The van der Waals surface area contributed by atoms with Gasteiger partial charge in [0.05, 0.1) is 12.0 Å². The van der Waals surface area contributed by atoms with Crippen LogP contribution in [0.25, 0.3) is 0 Å². The van der Waals surface area contributed by atoms with Gasteiger partial charge in [0, 0.05) is 12.8 Å². The van der Waals surface area contributed by atoms with Gasteiger partial charge in [0.25, 0.3) is 0 Å². The Bertz CT molecular complexity index is 311. The van der Waals surface area contributed by atoms with Crippen molar-refractivity contribution in [2.75, 3.05) is 6.61 Å². The van der Waals surface area contributed by atoms with Gasteiger partial charge in [0.2, 0.25) is 0 Å². The summed E-state index contributed by atoms with van der Waals surface area (Å²) >= 11 is 0. The lowest BCUT2D eigenvalue weighted by Crippen LogP contribution is -2.43. The summed E-state index contributed by atoms with van der Waals surface area (Å²) in [5, 5.41) is 0. The molecule has 0 aromatic heterocycles. The van der Waals surface area contributed by atoms with Gasteiger partial charge in [-0.15, -0.1) is 0 Å². The Labute approximate surface area is 103 Å². The molecule has 0 spiro atoms. The summed E-state index contributed by atoms with van der Waals surface area (Å²) < 4.78 is 5.28. The Hall–Kier alpha value is -0.860. The molecule has 3 heteroatoms. The minimum atomic E-state index is -0.333. The predicted molar refractivity (Wildman–Crippen MR) is 64.5 cm³/mol. The quantitative estimate of drug-likeness (QED) is 0.695. The molecule has 0 aromatic rings. The number of ether oxygens (including phenoxy) is 1. The van der Waals surface area contributed by atoms with Crippen LogP contribution in [0.2, 0.25) is 0 Å². The molecular formula is C14H22O3. The van der Waals surface area contributed by atoms with Crippen molar-refractivity contribution in [3.8, 4) is 0 Å². The van der Waals surface area contributed by atoms with Crippen LogP contribution in [0.3, 0.4) is 0 Å². The van der Waals surface area contributed by atoms with Crippen LogP contribution in [0.4, 0.5) is 0 Å². The van der Waals surface area contributed by atoms with Gasteiger partial charge in [-0.05, 0) is 32.1 Å². The third kappa shape index (κ3) is 2.38. The normalized spacial score (nSPS) is 33.7. The second kappa shape index (κ2) is 5.19. The molecular weight excluding hydrogens is 216 g/mol. The molecule has 0 aliphatic heterocycles. The molecule has 0 bridgehead atoms. The van der Waals surface area contributed by atoms with Crippen LogP contribution < -0.4 is 0 Å². The highest BCUT2D eigenvalue weighted by Gasteiger charge is 2.49. The highest BCUT2D eigenvalue weighted by molar-refractivity contribution is 5.85. The van der Waals surface area contributed by atoms with E-state index in [1.165, 1.54) is 6.42 Å². The standard InChI is InChI=1S/C14H22O3/c1-2-17-13(16)14-8-5-3-4-6-11(14)10-12(15)7-9-14/h11H,2-10H2,1H3. The highest BCUT2D eigenvalue weighted by atomic mass is 16.5. The lowest BCUT2D eigenvalue weighted by molar-refractivity contribution is -0.163. The maximum Gasteiger partial charge on any atom is 0.312 e. The average Bonchev–Trinajstić information content (AvgIpc) is 2.52. The minimum Gasteiger partial charge on any atom is -0.466 e. The number of Topliss-reactive ketones (excluding diaryl/α,β-unsaturated/α-hetero) is 1. The molecule has 3 nitrogen and oxygen atoms in total. The summed E-state index contributed by atoms with van der Waals surface area (Å²) in [6.07, 6.45) is 7.26. The Balaban J connectivity index is 2.22. The molecule has 2 aliphatic rings. The number of hydrogen-bond acceptors (Lipinski definition) is 3. The number of esters is 1. The number of rotatable bonds is 2. The van der Waals surface area contributed by atoms with E-state index in [0.717, 1.165) is 32.1 Å². The second-order valence-corrected chi connectivity index (χ2v) is 5.42. The summed E-state index contributed by atoms with van der Waals surface area (Å²) in [7, 11) is 0. The van der Waals surface area contributed by atoms with Crippen molar-refractivity contribution < 1.29 is 14.3 Å². The molecule has 0 radical (unpaired) electrons. The third-order valence-electron chi connectivity index (χ3n) is 4.46. The molecule has 2 rings (SSSR count). The first-order chi connectivity index (χ1) is 8.19. The van der Waals surface area contributed by atoms with Crippen molar-refractivity contribution in [3.05, 3.63) is 0 Å². The first-order valence-corrected chi connectivity index (χ1v) is 6.88. The fourth-order valence-corrected chi connectivity index (χ4v) is 3.50. The zero-order valence-corrected chi connectivity index (χ0v) is 10.7. The summed E-state index contributed by atoms with van der Waals surface area (Å²) in [5.74, 6) is 0.529. The molecule has 0 N–H and O–H groups in total. The van der Waals surface area contributed by atoms with E-state index < -0.39 is 0 Å². The van der Waals surface area contributed by atoms with Crippen molar-refractivity contribution >= 4 is 11.8 Å². The van der Waals surface area contributed by atoms with Gasteiger partial charge in [-0.3, -0.25) is 9.59 Å². The van der Waals surface area contributed by atoms with Crippen molar-refractivity contribution in [3.63, 3.8) is 0 Å². The molecule has 0 heterocycles. The maximum atomic E-state index is 12.3. The fourth-order valence-electron chi connectivity index (χ4n) is 3.50. The maximum absolute atomic E-state index is 12.3. The molecule has 2 unspecified atom stereocenters. The summed E-state index contributed by atoms with van der Waals surface area (Å²) in [6.45, 7) is 2.30. The molecule has 96 valence electrons. The van der Waals surface area contributed by atoms with E-state index in [2.05, 4.69) is 0 Å². The molecule has 0 saturated heterocycles. The molecule has 2 aliphatic carbocycles. The van der Waals surface area contributed by atoms with Crippen LogP contribution in [0.15, 0.2) is 0 Å². The fraction of sp³-hybridized carbons (Fsp3) is 0.857. The van der Waals surface area contributed by atoms with Crippen LogP contribution in [-0.2, 0) is 14.3 Å². The summed E-state index contributed by atoms with van der Waals surface area (Å²) in [4.78, 5) is 23.9. The van der Waals surface area contributed by atoms with E-state index in [4.69, 9.17) is 4.74 Å². The predicted octanol–water partition coefficient (Wildman–Crippen LogP) is 2.87. The Kier molecular flexibility index (Phi) is 3.85. The lowest BCUT2D eigenvalue weighted by atomic mass is 9.63. The zero-order chi connectivity index (χ0) is 12.3. The Morgan fingerprint density at radius 2 is 2.18 bits per heavy atom. The van der Waals surface area contributed by atoms with Crippen LogP contribution in [0.5, 0.6) is 0 Å². The van der Waals surface area contributed by atoms with Crippen molar-refractivity contribution in [1.82, 2.24) is 0 Å². The van der Waals surface area contributed by atoms with Gasteiger partial charge in [-0.25, -0.2) is 0 Å². The largest absolute Gasteiger partial charge is 0.466 e. The number of carbonyl (C=O) groups excluding carboxylic acids is 2. The first kappa shape index (κ1) is 12.6. The smallest absolute Gasteiger partial charge is 0.312 e. The Morgan fingerprint density at radius 3 is 2.94 bits per heavy atom. The van der Waals surface area contributed by atoms with Gasteiger partial charge in [-0.1, -0.05) is 19.3 Å². The van der Waals surface area contributed by atoms with Gasteiger partial charge >= 0.3 is 5.97 Å². The van der Waals surface area contributed by atoms with Crippen molar-refractivity contribution in [1.29, 1.82) is 0 Å². The van der Waals surface area contributed by atoms with E-state index in [1.807, 2.05) is 6.92 Å². The number of ketones is 1. The molecule has 0 aromatic carbocycles. The van der Waals surface area contributed by atoms with E-state index in [-0.39, 0.29) is 17.3 Å². The van der Waals surface area contributed by atoms with Gasteiger partial charge in [0.1, 0.15) is 5.78 Å². The van der Waals surface area contributed by atoms with E-state index >= 15 is 0 Å². The van der Waals surface area contributed by atoms with E-state index in [1.54, 1.807) is 0 Å². The average molecular weight is 238 g/mol. The van der Waals surface area contributed by atoms with Gasteiger partial charge < -0.3 is 4.74 Å². The van der Waals surface area contributed by atoms with Gasteiger partial charge in [-0.2, -0.15) is 0 Å². The summed E-state index contributed by atoms with van der Waals surface area (Å²) in [6, 6.07) is 0. The molecule has 2 fully saturated rings. The van der Waals surface area contributed by atoms with Crippen LogP contribution in [-0.4, -0.2) is 18.4 Å². The van der Waals surface area contributed by atoms with Crippen LogP contribution in [0.1, 0.15) is 58.3 Å². The highest BCUT2D eigenvalue weighted by Crippen LogP contribution is 2.49. The van der Waals surface area contributed by atoms with E-state index in [9.17, 15) is 9.59 Å². The third-order valence-corrected chi connectivity index (χ3v) is 4.46. The van der Waals surface area contributed by atoms with Crippen molar-refractivity contribution in [2.24, 2.45) is 11.3 Å².